The molecule has 0 saturated carbocycles. The molecule has 0 aliphatic heterocycles. The van der Waals surface area contributed by atoms with E-state index in [0.717, 1.165) is 11.1 Å². The minimum Gasteiger partial charge on any atom is -0.484 e. The minimum absolute atomic E-state index is 0.0404. The van der Waals surface area contributed by atoms with Crippen molar-refractivity contribution < 1.29 is 14.3 Å². The number of amides is 1. The van der Waals surface area contributed by atoms with E-state index in [1.165, 1.54) is 6.92 Å². The van der Waals surface area contributed by atoms with Gasteiger partial charge in [0, 0.05) is 17.5 Å². The Morgan fingerprint density at radius 3 is 2.00 bits per heavy atom. The zero-order chi connectivity index (χ0) is 20.7. The number of rotatable bonds is 8. The molecule has 0 fully saturated rings. The van der Waals surface area contributed by atoms with Gasteiger partial charge in [-0.2, -0.15) is 0 Å². The van der Waals surface area contributed by atoms with Crippen molar-refractivity contribution in [2.24, 2.45) is 0 Å². The molecule has 0 atom stereocenters. The van der Waals surface area contributed by atoms with Gasteiger partial charge in [0.25, 0.3) is 5.91 Å². The number of ketones is 1. The molecule has 0 aromatic heterocycles. The number of carbonyl (C=O) groups is 2. The Bertz CT molecular complexity index is 928. The molecule has 1 amide bonds. The second-order valence-electron chi connectivity index (χ2n) is 7.21. The van der Waals surface area contributed by atoms with Gasteiger partial charge in [-0.25, -0.2) is 0 Å². The van der Waals surface area contributed by atoms with Crippen LogP contribution in [0.4, 0.5) is 0 Å². The summed E-state index contributed by atoms with van der Waals surface area (Å²) in [7, 11) is 0. The van der Waals surface area contributed by atoms with E-state index in [9.17, 15) is 9.59 Å². The Labute approximate surface area is 171 Å². The molecule has 0 saturated heterocycles. The second-order valence-corrected chi connectivity index (χ2v) is 7.21. The van der Waals surface area contributed by atoms with E-state index in [1.54, 1.807) is 24.3 Å². The summed E-state index contributed by atoms with van der Waals surface area (Å²) in [5.41, 5.74) is 2.44. The van der Waals surface area contributed by atoms with Crippen LogP contribution in [0.5, 0.6) is 5.75 Å². The van der Waals surface area contributed by atoms with Crippen LogP contribution < -0.4 is 10.1 Å². The van der Waals surface area contributed by atoms with Gasteiger partial charge in [0.15, 0.2) is 12.4 Å². The van der Waals surface area contributed by atoms with Crippen LogP contribution in [0.3, 0.4) is 0 Å². The number of ether oxygens (including phenoxy) is 1. The monoisotopic (exact) mass is 387 g/mol. The fourth-order valence-corrected chi connectivity index (χ4v) is 3.26. The lowest BCUT2D eigenvalue weighted by atomic mass is 9.76. The summed E-state index contributed by atoms with van der Waals surface area (Å²) in [5, 5.41) is 3.00. The van der Waals surface area contributed by atoms with E-state index in [1.807, 2.05) is 36.4 Å². The van der Waals surface area contributed by atoms with Crippen LogP contribution >= 0.6 is 0 Å². The van der Waals surface area contributed by atoms with Gasteiger partial charge in [-0.3, -0.25) is 9.59 Å². The van der Waals surface area contributed by atoms with Crippen molar-refractivity contribution in [1.82, 2.24) is 5.32 Å². The molecule has 3 aromatic rings. The molecule has 3 aromatic carbocycles. The van der Waals surface area contributed by atoms with Crippen molar-refractivity contribution in [1.29, 1.82) is 0 Å². The minimum atomic E-state index is -0.368. The van der Waals surface area contributed by atoms with Crippen LogP contribution in [-0.2, 0) is 10.2 Å². The van der Waals surface area contributed by atoms with E-state index in [0.29, 0.717) is 17.9 Å². The highest BCUT2D eigenvalue weighted by molar-refractivity contribution is 5.94. The number of carbonyl (C=O) groups excluding carboxylic acids is 2. The van der Waals surface area contributed by atoms with Gasteiger partial charge in [-0.15, -0.1) is 0 Å². The quantitative estimate of drug-likeness (QED) is 0.583. The van der Waals surface area contributed by atoms with E-state index in [4.69, 9.17) is 4.74 Å². The lowest BCUT2D eigenvalue weighted by Gasteiger charge is -2.31. The molecule has 0 bridgehead atoms. The summed E-state index contributed by atoms with van der Waals surface area (Å²) in [6.45, 7) is 3.95. The first kappa shape index (κ1) is 20.3. The smallest absolute Gasteiger partial charge is 0.257 e. The maximum absolute atomic E-state index is 12.4. The summed E-state index contributed by atoms with van der Waals surface area (Å²) < 4.78 is 5.57. The van der Waals surface area contributed by atoms with Crippen molar-refractivity contribution in [3.8, 4) is 5.75 Å². The first-order valence-electron chi connectivity index (χ1n) is 9.60. The van der Waals surface area contributed by atoms with Crippen molar-refractivity contribution in [3.05, 3.63) is 102 Å². The van der Waals surface area contributed by atoms with Gasteiger partial charge < -0.3 is 10.1 Å². The first-order valence-corrected chi connectivity index (χ1v) is 9.60. The Morgan fingerprint density at radius 2 is 1.45 bits per heavy atom. The average molecular weight is 387 g/mol. The third kappa shape index (κ3) is 5.11. The molecule has 0 spiro atoms. The third-order valence-electron chi connectivity index (χ3n) is 5.07. The Balaban J connectivity index is 1.68. The van der Waals surface area contributed by atoms with E-state index < -0.39 is 0 Å². The highest BCUT2D eigenvalue weighted by Crippen LogP contribution is 2.31. The third-order valence-corrected chi connectivity index (χ3v) is 5.07. The standard InChI is InChI=1S/C25H25NO3/c1-19(27)20-10-9-15-23(16-20)29-17-24(28)26-18-25(2,21-11-5-3-6-12-21)22-13-7-4-8-14-22/h3-16H,17-18H2,1-2H3,(H,26,28). The number of hydrogen-bond donors (Lipinski definition) is 1. The van der Waals surface area contributed by atoms with Crippen LogP contribution in [0.25, 0.3) is 0 Å². The van der Waals surface area contributed by atoms with Crippen molar-refractivity contribution >= 4 is 11.7 Å². The fraction of sp³-hybridized carbons (Fsp3) is 0.200. The average Bonchev–Trinajstić information content (AvgIpc) is 2.77. The number of Topliss-reactive ketones (excluding diaryl/α,β-unsaturated/α-hetero) is 1. The number of benzene rings is 3. The lowest BCUT2D eigenvalue weighted by Crippen LogP contribution is -2.41. The summed E-state index contributed by atoms with van der Waals surface area (Å²) in [6, 6.07) is 27.1. The predicted molar refractivity (Wildman–Crippen MR) is 114 cm³/mol. The van der Waals surface area contributed by atoms with Crippen LogP contribution in [-0.4, -0.2) is 24.8 Å². The largest absolute Gasteiger partial charge is 0.484 e. The Kier molecular flexibility index (Phi) is 6.45. The summed E-state index contributed by atoms with van der Waals surface area (Å²) in [6.07, 6.45) is 0. The molecule has 29 heavy (non-hydrogen) atoms. The van der Waals surface area contributed by atoms with Crippen molar-refractivity contribution in [2.75, 3.05) is 13.2 Å². The summed E-state index contributed by atoms with van der Waals surface area (Å²) >= 11 is 0. The summed E-state index contributed by atoms with van der Waals surface area (Å²) in [4.78, 5) is 23.9. The molecule has 148 valence electrons. The van der Waals surface area contributed by atoms with Crippen LogP contribution in [0.1, 0.15) is 35.3 Å². The van der Waals surface area contributed by atoms with Crippen LogP contribution in [0.15, 0.2) is 84.9 Å². The number of hydrogen-bond acceptors (Lipinski definition) is 3. The van der Waals surface area contributed by atoms with Gasteiger partial charge >= 0.3 is 0 Å². The highest BCUT2D eigenvalue weighted by Gasteiger charge is 2.29. The maximum Gasteiger partial charge on any atom is 0.257 e. The molecule has 4 heteroatoms. The van der Waals surface area contributed by atoms with Gasteiger partial charge in [0.05, 0.1) is 0 Å². The van der Waals surface area contributed by atoms with Crippen LogP contribution in [0, 0.1) is 0 Å². The normalized spacial score (nSPS) is 11.0. The molecule has 0 aliphatic carbocycles. The van der Waals surface area contributed by atoms with Crippen LogP contribution in [0.2, 0.25) is 0 Å². The van der Waals surface area contributed by atoms with Crippen molar-refractivity contribution in [3.63, 3.8) is 0 Å². The predicted octanol–water partition coefficient (Wildman–Crippen LogP) is 4.39. The molecular formula is C25H25NO3. The summed E-state index contributed by atoms with van der Waals surface area (Å²) in [5.74, 6) is 0.249. The topological polar surface area (TPSA) is 55.4 Å². The first-order chi connectivity index (χ1) is 14.0. The van der Waals surface area contributed by atoms with E-state index >= 15 is 0 Å². The Morgan fingerprint density at radius 1 is 0.862 bits per heavy atom. The maximum atomic E-state index is 12.4. The number of nitrogens with one attached hydrogen (secondary N) is 1. The molecule has 4 nitrogen and oxygen atoms in total. The van der Waals surface area contributed by atoms with E-state index in [-0.39, 0.29) is 23.7 Å². The highest BCUT2D eigenvalue weighted by atomic mass is 16.5. The zero-order valence-corrected chi connectivity index (χ0v) is 16.7. The zero-order valence-electron chi connectivity index (χ0n) is 16.7. The molecule has 0 radical (unpaired) electrons. The van der Waals surface area contributed by atoms with Gasteiger partial charge in [-0.05, 0) is 37.1 Å². The van der Waals surface area contributed by atoms with Crippen molar-refractivity contribution in [2.45, 2.75) is 19.3 Å². The molecule has 0 heterocycles. The molecule has 0 unspecified atom stereocenters. The lowest BCUT2D eigenvalue weighted by molar-refractivity contribution is -0.123. The molecule has 3 rings (SSSR count). The van der Waals surface area contributed by atoms with E-state index in [2.05, 4.69) is 36.5 Å². The molecule has 0 aliphatic rings. The fourth-order valence-electron chi connectivity index (χ4n) is 3.26. The SMILES string of the molecule is CC(=O)c1cccc(OCC(=O)NCC(C)(c2ccccc2)c2ccccc2)c1. The molecular weight excluding hydrogens is 362 g/mol. The van der Waals surface area contributed by atoms with Gasteiger partial charge in [-0.1, -0.05) is 72.8 Å². The van der Waals surface area contributed by atoms with Gasteiger partial charge in [0.2, 0.25) is 0 Å². The van der Waals surface area contributed by atoms with Gasteiger partial charge in [0.1, 0.15) is 5.75 Å². The molecule has 1 N–H and O–H groups in total. The Hall–Kier alpha value is -3.40. The second kappa shape index (κ2) is 9.20.